The van der Waals surface area contributed by atoms with Crippen LogP contribution in [0.25, 0.3) is 0 Å². The molecule has 0 saturated carbocycles. The third kappa shape index (κ3) is 11.4. The molecule has 0 aromatic heterocycles. The lowest BCUT2D eigenvalue weighted by atomic mass is 9.97. The van der Waals surface area contributed by atoms with Crippen molar-refractivity contribution < 1.29 is 33.8 Å². The van der Waals surface area contributed by atoms with Crippen LogP contribution in [-0.4, -0.2) is 63.7 Å². The van der Waals surface area contributed by atoms with Gasteiger partial charge in [0.05, 0.1) is 6.07 Å². The maximum absolute atomic E-state index is 14.2. The van der Waals surface area contributed by atoms with Gasteiger partial charge >= 0.3 is 12.1 Å². The van der Waals surface area contributed by atoms with Crippen molar-refractivity contribution in [3.05, 3.63) is 65.2 Å². The summed E-state index contributed by atoms with van der Waals surface area (Å²) in [4.78, 5) is 55.5. The molecule has 0 spiro atoms. The number of nitrogens with zero attached hydrogens (tertiary/aromatic N) is 2. The Morgan fingerprint density at radius 1 is 0.933 bits per heavy atom. The fourth-order valence-electron chi connectivity index (χ4n) is 4.49. The van der Waals surface area contributed by atoms with Crippen molar-refractivity contribution in [2.45, 2.75) is 98.1 Å². The van der Waals surface area contributed by atoms with E-state index in [2.05, 4.69) is 10.6 Å². The Labute approximate surface area is 265 Å². The standard InChI is InChI=1S/C34H46N4O7/c1-21(2)27(37-32(43)45-34(7,8)9)30(41)38(18-17-35)28(24-15-16-26(39)22(3)19-24)29(40)36-25(31(42)44-33(4,5)6)20-23-13-11-10-12-14-23/h10-16,19,21,25,27-28,39H,18,20H2,1-9H3,(H,36,40)(H,37,43). The van der Waals surface area contributed by atoms with E-state index in [1.54, 1.807) is 62.3 Å². The third-order valence-electron chi connectivity index (χ3n) is 6.52. The Hall–Kier alpha value is -4.59. The Morgan fingerprint density at radius 2 is 1.53 bits per heavy atom. The summed E-state index contributed by atoms with van der Waals surface area (Å²) < 4.78 is 11.0. The number of carbonyl (C=O) groups is 4. The Kier molecular flexibility index (Phi) is 12.5. The number of nitrogens with one attached hydrogen (secondary N) is 2. The molecule has 3 N–H and O–H groups in total. The van der Waals surface area contributed by atoms with Crippen LogP contribution >= 0.6 is 0 Å². The predicted octanol–water partition coefficient (Wildman–Crippen LogP) is 4.71. The monoisotopic (exact) mass is 622 g/mol. The molecule has 3 atom stereocenters. The number of rotatable bonds is 11. The first kappa shape index (κ1) is 36.6. The summed E-state index contributed by atoms with van der Waals surface area (Å²) in [5.41, 5.74) is -0.200. The molecule has 0 saturated heterocycles. The van der Waals surface area contributed by atoms with Gasteiger partial charge < -0.3 is 30.1 Å². The number of ether oxygens (including phenoxy) is 2. The van der Waals surface area contributed by atoms with Crippen LogP contribution in [0.5, 0.6) is 5.75 Å². The molecule has 0 bridgehead atoms. The van der Waals surface area contributed by atoms with Gasteiger partial charge in [-0.15, -0.1) is 0 Å². The molecule has 11 nitrogen and oxygen atoms in total. The van der Waals surface area contributed by atoms with Gasteiger partial charge in [0.1, 0.15) is 41.6 Å². The van der Waals surface area contributed by atoms with Crippen molar-refractivity contribution in [1.29, 1.82) is 5.26 Å². The largest absolute Gasteiger partial charge is 0.508 e. The molecule has 0 radical (unpaired) electrons. The van der Waals surface area contributed by atoms with Crippen molar-refractivity contribution in [3.63, 3.8) is 0 Å². The number of benzene rings is 2. The number of hydrogen-bond acceptors (Lipinski definition) is 8. The lowest BCUT2D eigenvalue weighted by Gasteiger charge is -2.35. The average Bonchev–Trinajstić information content (AvgIpc) is 2.91. The molecule has 244 valence electrons. The summed E-state index contributed by atoms with van der Waals surface area (Å²) in [6, 6.07) is 11.7. The molecule has 3 amide bonds. The normalized spacial score (nSPS) is 13.5. The van der Waals surface area contributed by atoms with E-state index in [0.717, 1.165) is 10.5 Å². The van der Waals surface area contributed by atoms with E-state index < -0.39 is 65.7 Å². The molecule has 0 aliphatic rings. The van der Waals surface area contributed by atoms with Crippen molar-refractivity contribution >= 4 is 23.9 Å². The third-order valence-corrected chi connectivity index (χ3v) is 6.52. The average molecular weight is 623 g/mol. The summed E-state index contributed by atoms with van der Waals surface area (Å²) in [6.45, 7) is 14.7. The van der Waals surface area contributed by atoms with E-state index in [9.17, 15) is 29.5 Å². The van der Waals surface area contributed by atoms with Crippen LogP contribution in [0.2, 0.25) is 0 Å². The molecule has 2 rings (SSSR count). The van der Waals surface area contributed by atoms with Gasteiger partial charge in [0.2, 0.25) is 11.8 Å². The second-order valence-corrected chi connectivity index (χ2v) is 13.2. The maximum atomic E-state index is 14.2. The predicted molar refractivity (Wildman–Crippen MR) is 169 cm³/mol. The maximum Gasteiger partial charge on any atom is 0.408 e. The number of aromatic hydroxyl groups is 1. The van der Waals surface area contributed by atoms with Crippen LogP contribution in [0.15, 0.2) is 48.5 Å². The van der Waals surface area contributed by atoms with E-state index in [1.165, 1.54) is 18.2 Å². The molecule has 0 heterocycles. The first-order chi connectivity index (χ1) is 20.8. The molecule has 2 aromatic rings. The van der Waals surface area contributed by atoms with Crippen LogP contribution in [0.3, 0.4) is 0 Å². The molecule has 11 heteroatoms. The molecular weight excluding hydrogens is 576 g/mol. The summed E-state index contributed by atoms with van der Waals surface area (Å²) in [7, 11) is 0. The molecule has 2 aromatic carbocycles. The summed E-state index contributed by atoms with van der Waals surface area (Å²) >= 11 is 0. The van der Waals surface area contributed by atoms with Crippen LogP contribution in [0, 0.1) is 24.2 Å². The van der Waals surface area contributed by atoms with Gasteiger partial charge in [-0.2, -0.15) is 5.26 Å². The lowest BCUT2D eigenvalue weighted by molar-refractivity contribution is -0.159. The first-order valence-electron chi connectivity index (χ1n) is 14.9. The zero-order chi connectivity index (χ0) is 34.1. The lowest BCUT2D eigenvalue weighted by Crippen LogP contribution is -2.56. The summed E-state index contributed by atoms with van der Waals surface area (Å²) in [5.74, 6) is -2.62. The quantitative estimate of drug-likeness (QED) is 0.240. The number of nitriles is 1. The topological polar surface area (TPSA) is 158 Å². The van der Waals surface area contributed by atoms with Gasteiger partial charge in [0, 0.05) is 6.42 Å². The molecule has 0 fully saturated rings. The molecule has 3 unspecified atom stereocenters. The van der Waals surface area contributed by atoms with E-state index in [1.807, 2.05) is 36.4 Å². The molecule has 0 aliphatic heterocycles. The van der Waals surface area contributed by atoms with E-state index >= 15 is 0 Å². The second-order valence-electron chi connectivity index (χ2n) is 13.2. The zero-order valence-corrected chi connectivity index (χ0v) is 27.6. The Morgan fingerprint density at radius 3 is 2.04 bits per heavy atom. The van der Waals surface area contributed by atoms with E-state index in [-0.39, 0.29) is 17.7 Å². The van der Waals surface area contributed by atoms with Crippen LogP contribution in [0.1, 0.15) is 78.1 Å². The fraction of sp³-hybridized carbons (Fsp3) is 0.500. The molecule has 45 heavy (non-hydrogen) atoms. The summed E-state index contributed by atoms with van der Waals surface area (Å²) in [6.07, 6.45) is -0.732. The number of amides is 3. The van der Waals surface area contributed by atoms with Crippen molar-refractivity contribution in [2.75, 3.05) is 6.54 Å². The van der Waals surface area contributed by atoms with E-state index in [0.29, 0.717) is 5.56 Å². The number of phenols is 1. The van der Waals surface area contributed by atoms with Gasteiger partial charge in [-0.25, -0.2) is 9.59 Å². The molecular formula is C34H46N4O7. The van der Waals surface area contributed by atoms with E-state index in [4.69, 9.17) is 9.47 Å². The van der Waals surface area contributed by atoms with Crippen molar-refractivity contribution in [3.8, 4) is 11.8 Å². The second kappa shape index (κ2) is 15.4. The number of hydrogen-bond donors (Lipinski definition) is 3. The number of esters is 1. The SMILES string of the molecule is Cc1cc(C(C(=O)NC(Cc2ccccc2)C(=O)OC(C)(C)C)N(CC#N)C(=O)C(NC(=O)OC(C)(C)C)C(C)C)ccc1O. The number of alkyl carbamates (subject to hydrolysis) is 1. The van der Waals surface area contributed by atoms with Gasteiger partial charge in [-0.3, -0.25) is 9.59 Å². The van der Waals surface area contributed by atoms with Crippen molar-refractivity contribution in [1.82, 2.24) is 15.5 Å². The fourth-order valence-corrected chi connectivity index (χ4v) is 4.49. The Balaban J connectivity index is 2.61. The minimum Gasteiger partial charge on any atom is -0.508 e. The minimum atomic E-state index is -1.42. The van der Waals surface area contributed by atoms with Crippen LogP contribution in [0.4, 0.5) is 4.79 Å². The number of phenolic OH excluding ortho intramolecular Hbond substituents is 1. The minimum absolute atomic E-state index is 0.0292. The first-order valence-corrected chi connectivity index (χ1v) is 14.9. The highest BCUT2D eigenvalue weighted by molar-refractivity contribution is 5.94. The smallest absolute Gasteiger partial charge is 0.408 e. The van der Waals surface area contributed by atoms with Crippen LogP contribution in [-0.2, 0) is 30.3 Å². The van der Waals surface area contributed by atoms with Gasteiger partial charge in [-0.05, 0) is 83.2 Å². The van der Waals surface area contributed by atoms with Gasteiger partial charge in [0.15, 0.2) is 0 Å². The van der Waals surface area contributed by atoms with Crippen molar-refractivity contribution in [2.24, 2.45) is 5.92 Å². The van der Waals surface area contributed by atoms with Gasteiger partial charge in [0.25, 0.3) is 0 Å². The zero-order valence-electron chi connectivity index (χ0n) is 27.6. The highest BCUT2D eigenvalue weighted by Crippen LogP contribution is 2.28. The summed E-state index contributed by atoms with van der Waals surface area (Å²) in [5, 5.41) is 25.4. The number of aryl methyl sites for hydroxylation is 1. The number of carbonyl (C=O) groups excluding carboxylic acids is 4. The highest BCUT2D eigenvalue weighted by atomic mass is 16.6. The van der Waals surface area contributed by atoms with Crippen LogP contribution < -0.4 is 10.6 Å². The molecule has 0 aliphatic carbocycles. The Bertz CT molecular complexity index is 1390. The highest BCUT2D eigenvalue weighted by Gasteiger charge is 2.39. The van der Waals surface area contributed by atoms with Gasteiger partial charge in [-0.1, -0.05) is 50.2 Å².